The highest BCUT2D eigenvalue weighted by Gasteiger charge is 2.20. The van der Waals surface area contributed by atoms with Crippen LogP contribution < -0.4 is 10.2 Å². The minimum Gasteiger partial charge on any atom is -0.353 e. The summed E-state index contributed by atoms with van der Waals surface area (Å²) in [6, 6.07) is 14.4. The summed E-state index contributed by atoms with van der Waals surface area (Å²) in [5.41, 5.74) is 2.33. The van der Waals surface area contributed by atoms with Crippen molar-refractivity contribution >= 4 is 11.8 Å². The Kier molecular flexibility index (Phi) is 5.51. The predicted octanol–water partition coefficient (Wildman–Crippen LogP) is 2.16. The van der Waals surface area contributed by atoms with Gasteiger partial charge in [0.2, 0.25) is 0 Å². The first-order valence-corrected chi connectivity index (χ1v) is 9.53. The first kappa shape index (κ1) is 18.0. The van der Waals surface area contributed by atoms with Crippen LogP contribution in [0.15, 0.2) is 72.4 Å². The van der Waals surface area contributed by atoms with Gasteiger partial charge in [-0.3, -0.25) is 4.99 Å². The fraction of sp³-hybridized carbons (Fsp3) is 0.286. The average Bonchev–Trinajstić information content (AvgIpc) is 3.30. The van der Waals surface area contributed by atoms with E-state index in [1.807, 2.05) is 48.5 Å². The molecular weight excluding hydrogens is 350 g/mol. The Bertz CT molecular complexity index is 898. The summed E-state index contributed by atoms with van der Waals surface area (Å²) in [6.45, 7) is 4.41. The molecule has 28 heavy (non-hydrogen) atoms. The summed E-state index contributed by atoms with van der Waals surface area (Å²) in [5, 5.41) is 3.52. The molecule has 3 aromatic rings. The lowest BCUT2D eigenvalue weighted by Crippen LogP contribution is -2.52. The normalized spacial score (nSPS) is 15.0. The van der Waals surface area contributed by atoms with Crippen LogP contribution in [0.1, 0.15) is 5.56 Å². The van der Waals surface area contributed by atoms with Gasteiger partial charge in [0.25, 0.3) is 0 Å². The maximum absolute atomic E-state index is 4.50. The van der Waals surface area contributed by atoms with Gasteiger partial charge in [-0.1, -0.05) is 24.3 Å². The van der Waals surface area contributed by atoms with Crippen LogP contribution in [0.4, 0.5) is 5.82 Å². The maximum atomic E-state index is 4.50. The van der Waals surface area contributed by atoms with E-state index in [-0.39, 0.29) is 0 Å². The quantitative estimate of drug-likeness (QED) is 0.559. The van der Waals surface area contributed by atoms with Crippen molar-refractivity contribution in [2.75, 3.05) is 38.1 Å². The molecule has 0 saturated carbocycles. The van der Waals surface area contributed by atoms with Crippen LogP contribution in [-0.4, -0.2) is 58.6 Å². The molecule has 1 aliphatic rings. The molecule has 7 heteroatoms. The first-order chi connectivity index (χ1) is 13.8. The lowest BCUT2D eigenvalue weighted by Gasteiger charge is -2.37. The van der Waals surface area contributed by atoms with Crippen molar-refractivity contribution in [1.82, 2.24) is 24.8 Å². The minimum absolute atomic E-state index is 0.710. The highest BCUT2D eigenvalue weighted by Crippen LogP contribution is 2.15. The molecule has 4 rings (SSSR count). The van der Waals surface area contributed by atoms with E-state index in [1.165, 1.54) is 5.56 Å². The Labute approximate surface area is 165 Å². The van der Waals surface area contributed by atoms with Crippen molar-refractivity contribution in [1.29, 1.82) is 0 Å². The summed E-state index contributed by atoms with van der Waals surface area (Å²) < 4.78 is 2.03. The van der Waals surface area contributed by atoms with E-state index in [0.29, 0.717) is 6.54 Å². The molecule has 1 fully saturated rings. The Balaban J connectivity index is 1.38. The van der Waals surface area contributed by atoms with Crippen LogP contribution in [0.5, 0.6) is 0 Å². The number of aromatic nitrogens is 3. The smallest absolute Gasteiger partial charge is 0.194 e. The average molecular weight is 375 g/mol. The summed E-state index contributed by atoms with van der Waals surface area (Å²) in [5.74, 6) is 1.97. The maximum Gasteiger partial charge on any atom is 0.194 e. The van der Waals surface area contributed by atoms with Gasteiger partial charge in [-0.15, -0.1) is 0 Å². The number of para-hydroxylation sites is 1. The number of hydrogen-bond acceptors (Lipinski definition) is 4. The van der Waals surface area contributed by atoms with Crippen molar-refractivity contribution in [3.63, 3.8) is 0 Å². The SMILES string of the molecule is CN=C(NCc1ccccc1-n1ccnc1)N1CCN(c2ccccn2)CC1. The lowest BCUT2D eigenvalue weighted by molar-refractivity contribution is 0.371. The van der Waals surface area contributed by atoms with Gasteiger partial charge in [-0.05, 0) is 23.8 Å². The van der Waals surface area contributed by atoms with Crippen molar-refractivity contribution in [2.24, 2.45) is 4.99 Å². The lowest BCUT2D eigenvalue weighted by atomic mass is 10.1. The van der Waals surface area contributed by atoms with Gasteiger partial charge in [0.1, 0.15) is 5.82 Å². The minimum atomic E-state index is 0.710. The van der Waals surface area contributed by atoms with E-state index >= 15 is 0 Å². The second-order valence-electron chi connectivity index (χ2n) is 6.66. The molecule has 1 saturated heterocycles. The molecule has 0 unspecified atom stereocenters. The van der Waals surface area contributed by atoms with E-state index in [0.717, 1.165) is 43.6 Å². The topological polar surface area (TPSA) is 61.6 Å². The zero-order valence-corrected chi connectivity index (χ0v) is 16.1. The fourth-order valence-electron chi connectivity index (χ4n) is 3.51. The van der Waals surface area contributed by atoms with Crippen LogP contribution >= 0.6 is 0 Å². The van der Waals surface area contributed by atoms with E-state index < -0.39 is 0 Å². The van der Waals surface area contributed by atoms with Gasteiger partial charge in [0.05, 0.1) is 12.0 Å². The number of benzene rings is 1. The Hall–Kier alpha value is -3.35. The highest BCUT2D eigenvalue weighted by molar-refractivity contribution is 5.80. The summed E-state index contributed by atoms with van der Waals surface area (Å²) in [4.78, 5) is 17.7. The van der Waals surface area contributed by atoms with Gasteiger partial charge in [0.15, 0.2) is 5.96 Å². The van der Waals surface area contributed by atoms with Gasteiger partial charge >= 0.3 is 0 Å². The Morgan fingerprint density at radius 3 is 2.57 bits per heavy atom. The number of anilines is 1. The summed E-state index contributed by atoms with van der Waals surface area (Å²) >= 11 is 0. The summed E-state index contributed by atoms with van der Waals surface area (Å²) in [6.07, 6.45) is 7.43. The van der Waals surface area contributed by atoms with E-state index in [4.69, 9.17) is 0 Å². The number of rotatable bonds is 4. The standard InChI is InChI=1S/C21H25N7/c1-22-21(27-14-12-26(13-15-27)20-8-4-5-9-24-20)25-16-18-6-2-3-7-19(18)28-11-10-23-17-28/h2-11,17H,12-16H2,1H3,(H,22,25). The molecule has 7 nitrogen and oxygen atoms in total. The van der Waals surface area contributed by atoms with Crippen LogP contribution in [0.3, 0.4) is 0 Å². The van der Waals surface area contributed by atoms with Crippen LogP contribution in [0.2, 0.25) is 0 Å². The fourth-order valence-corrected chi connectivity index (χ4v) is 3.51. The molecular formula is C21H25N7. The molecule has 1 aliphatic heterocycles. The van der Waals surface area contributed by atoms with Gasteiger partial charge in [0, 0.05) is 58.4 Å². The second kappa shape index (κ2) is 8.56. The van der Waals surface area contributed by atoms with Gasteiger partial charge < -0.3 is 19.7 Å². The molecule has 0 radical (unpaired) electrons. The highest BCUT2D eigenvalue weighted by atomic mass is 15.4. The number of guanidine groups is 1. The number of imidazole rings is 1. The third kappa shape index (κ3) is 3.98. The molecule has 1 aromatic carbocycles. The van der Waals surface area contributed by atoms with E-state index in [2.05, 4.69) is 54.3 Å². The molecule has 0 amide bonds. The van der Waals surface area contributed by atoms with Gasteiger partial charge in [-0.25, -0.2) is 9.97 Å². The zero-order chi connectivity index (χ0) is 19.2. The van der Waals surface area contributed by atoms with Crippen molar-refractivity contribution < 1.29 is 0 Å². The van der Waals surface area contributed by atoms with Crippen molar-refractivity contribution in [3.8, 4) is 5.69 Å². The third-order valence-corrected chi connectivity index (χ3v) is 4.98. The van der Waals surface area contributed by atoms with Crippen molar-refractivity contribution in [2.45, 2.75) is 6.54 Å². The number of nitrogens with zero attached hydrogens (tertiary/aromatic N) is 6. The number of nitrogens with one attached hydrogen (secondary N) is 1. The predicted molar refractivity (Wildman–Crippen MR) is 112 cm³/mol. The monoisotopic (exact) mass is 375 g/mol. The second-order valence-corrected chi connectivity index (χ2v) is 6.66. The van der Waals surface area contributed by atoms with E-state index in [9.17, 15) is 0 Å². The van der Waals surface area contributed by atoms with E-state index in [1.54, 1.807) is 6.20 Å². The molecule has 0 spiro atoms. The molecule has 0 aliphatic carbocycles. The number of aliphatic imine (C=N–C) groups is 1. The number of hydrogen-bond donors (Lipinski definition) is 1. The molecule has 2 aromatic heterocycles. The Morgan fingerprint density at radius 1 is 1.04 bits per heavy atom. The first-order valence-electron chi connectivity index (χ1n) is 9.53. The summed E-state index contributed by atoms with van der Waals surface area (Å²) in [7, 11) is 1.84. The zero-order valence-electron chi connectivity index (χ0n) is 16.1. The molecule has 0 atom stereocenters. The molecule has 144 valence electrons. The largest absolute Gasteiger partial charge is 0.353 e. The van der Waals surface area contributed by atoms with Crippen LogP contribution in [0.25, 0.3) is 5.69 Å². The van der Waals surface area contributed by atoms with Crippen LogP contribution in [-0.2, 0) is 6.54 Å². The van der Waals surface area contributed by atoms with Crippen LogP contribution in [0, 0.1) is 0 Å². The third-order valence-electron chi connectivity index (χ3n) is 4.98. The Morgan fingerprint density at radius 2 is 1.86 bits per heavy atom. The number of piperazine rings is 1. The van der Waals surface area contributed by atoms with Crippen molar-refractivity contribution in [3.05, 3.63) is 72.9 Å². The molecule has 3 heterocycles. The number of pyridine rings is 1. The molecule has 1 N–H and O–H groups in total. The van der Waals surface area contributed by atoms with Gasteiger partial charge in [-0.2, -0.15) is 0 Å². The molecule has 0 bridgehead atoms.